The summed E-state index contributed by atoms with van der Waals surface area (Å²) in [6, 6.07) is 20.0. The van der Waals surface area contributed by atoms with E-state index < -0.39 is 6.04 Å². The van der Waals surface area contributed by atoms with Crippen LogP contribution in [-0.4, -0.2) is 50.6 Å². The molecule has 4 heterocycles. The highest BCUT2D eigenvalue weighted by Crippen LogP contribution is 2.39. The lowest BCUT2D eigenvalue weighted by Gasteiger charge is -2.16. The number of aromatic amines is 1. The topological polar surface area (TPSA) is 125 Å². The molecule has 4 unspecified atom stereocenters. The molecular weight excluding hydrogens is 624 g/mol. The molecule has 216 valence electrons. The molecule has 8 nitrogen and oxygen atoms in total. The Morgan fingerprint density at radius 2 is 1.84 bits per heavy atom. The highest BCUT2D eigenvalue weighted by Gasteiger charge is 2.42. The number of carbonyl (C=O) groups is 2. The predicted molar refractivity (Wildman–Crippen MR) is 177 cm³/mol. The van der Waals surface area contributed by atoms with Crippen molar-refractivity contribution in [3.8, 4) is 0 Å². The van der Waals surface area contributed by atoms with Crippen molar-refractivity contribution in [3.63, 3.8) is 0 Å². The SMILES string of the molecule is Nc1ccc2c3ccccc3c3[nH]c(C4=NC(C(=O)CCCCC5SCC6NC(=O)NC65)c5ccc(Br)cc54)nc3c2c1. The Morgan fingerprint density at radius 3 is 2.72 bits per heavy atom. The van der Waals surface area contributed by atoms with E-state index in [1.165, 1.54) is 0 Å². The molecule has 1 aromatic heterocycles. The van der Waals surface area contributed by atoms with E-state index >= 15 is 0 Å². The number of amides is 2. The number of thioether (sulfide) groups is 1. The quantitative estimate of drug-likeness (QED) is 0.0701. The van der Waals surface area contributed by atoms with Crippen molar-refractivity contribution >= 4 is 83.5 Å². The molecule has 5 N–H and O–H groups in total. The van der Waals surface area contributed by atoms with E-state index in [4.69, 9.17) is 15.7 Å². The summed E-state index contributed by atoms with van der Waals surface area (Å²) in [5, 5.41) is 10.7. The van der Waals surface area contributed by atoms with Crippen molar-refractivity contribution in [3.05, 3.63) is 82.1 Å². The molecule has 4 aromatic carbocycles. The van der Waals surface area contributed by atoms with Crippen LogP contribution >= 0.6 is 27.7 Å². The molecule has 0 saturated carbocycles. The van der Waals surface area contributed by atoms with Gasteiger partial charge in [0.25, 0.3) is 0 Å². The minimum absolute atomic E-state index is 0.0642. The van der Waals surface area contributed by atoms with Crippen LogP contribution in [0.1, 0.15) is 48.7 Å². The van der Waals surface area contributed by atoms with Crippen molar-refractivity contribution in [2.24, 2.45) is 4.99 Å². The van der Waals surface area contributed by atoms with Gasteiger partial charge in [0.1, 0.15) is 11.8 Å². The van der Waals surface area contributed by atoms with Crippen molar-refractivity contribution in [1.82, 2.24) is 20.6 Å². The maximum atomic E-state index is 13.6. The third-order valence-electron chi connectivity index (χ3n) is 8.94. The second-order valence-corrected chi connectivity index (χ2v) is 13.8. The summed E-state index contributed by atoms with van der Waals surface area (Å²) in [4.78, 5) is 39.0. The van der Waals surface area contributed by atoms with Crippen LogP contribution in [0.4, 0.5) is 10.5 Å². The zero-order chi connectivity index (χ0) is 29.2. The van der Waals surface area contributed by atoms with Gasteiger partial charge in [0.2, 0.25) is 0 Å². The number of aromatic nitrogens is 2. The number of nitrogens with two attached hydrogens (primary N) is 1. The van der Waals surface area contributed by atoms with Crippen LogP contribution in [0.15, 0.2) is 70.1 Å². The van der Waals surface area contributed by atoms with Crippen LogP contribution in [0.5, 0.6) is 0 Å². The maximum Gasteiger partial charge on any atom is 0.315 e. The first-order chi connectivity index (χ1) is 20.9. The number of halogens is 1. The van der Waals surface area contributed by atoms with Gasteiger partial charge in [-0.15, -0.1) is 0 Å². The molecule has 2 saturated heterocycles. The standard InChI is InChI=1S/C33H29BrN6O2S/c34-16-9-11-21-22(13-16)30(37-27(21)25(41)7-3-4-8-26-31-24(15-43-26)36-33(42)40-31)32-38-28-20-6-2-1-5-18(20)19-12-10-17(35)14-23(19)29(28)39-32/h1-2,5-6,9-14,24,26-27,31H,3-4,7-8,15,35H2,(H,38,39)(H2,36,40,42). The summed E-state index contributed by atoms with van der Waals surface area (Å²) in [6.45, 7) is 0. The fourth-order valence-corrected chi connectivity index (χ4v) is 8.81. The molecule has 2 fully saturated rings. The molecule has 3 aliphatic heterocycles. The molecule has 43 heavy (non-hydrogen) atoms. The number of urea groups is 1. The molecule has 10 heteroatoms. The van der Waals surface area contributed by atoms with Gasteiger partial charge in [-0.25, -0.2) is 9.78 Å². The number of nitrogens with zero attached hydrogens (tertiary/aromatic N) is 2. The fourth-order valence-electron chi connectivity index (χ4n) is 6.90. The Morgan fingerprint density at radius 1 is 1.00 bits per heavy atom. The van der Waals surface area contributed by atoms with Crippen molar-refractivity contribution in [2.75, 3.05) is 11.5 Å². The molecule has 0 spiro atoms. The molecule has 0 bridgehead atoms. The molecule has 0 radical (unpaired) electrons. The van der Waals surface area contributed by atoms with Gasteiger partial charge >= 0.3 is 6.03 Å². The van der Waals surface area contributed by atoms with Gasteiger partial charge in [-0.1, -0.05) is 58.7 Å². The van der Waals surface area contributed by atoms with Crippen LogP contribution in [0.3, 0.4) is 0 Å². The predicted octanol–water partition coefficient (Wildman–Crippen LogP) is 6.40. The monoisotopic (exact) mass is 652 g/mol. The number of anilines is 1. The number of aliphatic imine (C=N–C) groups is 1. The Labute approximate surface area is 260 Å². The first-order valence-corrected chi connectivity index (χ1v) is 16.5. The molecular formula is C33H29BrN6O2S. The highest BCUT2D eigenvalue weighted by atomic mass is 79.9. The first kappa shape index (κ1) is 26.7. The van der Waals surface area contributed by atoms with E-state index in [1.807, 2.05) is 54.2 Å². The second-order valence-electron chi connectivity index (χ2n) is 11.6. The minimum atomic E-state index is -0.556. The number of rotatable bonds is 7. The van der Waals surface area contributed by atoms with Gasteiger partial charge in [0.05, 0.1) is 23.1 Å². The molecule has 5 aromatic rings. The average molecular weight is 654 g/mol. The summed E-state index contributed by atoms with van der Waals surface area (Å²) in [7, 11) is 0. The van der Waals surface area contributed by atoms with Crippen LogP contribution in [0.25, 0.3) is 32.6 Å². The number of Topliss-reactive ketones (excluding diaryl/α,β-unsaturated/α-hetero) is 1. The van der Waals surface area contributed by atoms with E-state index in [-0.39, 0.29) is 23.9 Å². The van der Waals surface area contributed by atoms with Crippen molar-refractivity contribution in [2.45, 2.75) is 49.1 Å². The zero-order valence-corrected chi connectivity index (χ0v) is 25.6. The number of nitrogens with one attached hydrogen (secondary N) is 3. The Balaban J connectivity index is 1.09. The smallest absolute Gasteiger partial charge is 0.315 e. The van der Waals surface area contributed by atoms with Gasteiger partial charge in [-0.05, 0) is 53.4 Å². The van der Waals surface area contributed by atoms with Gasteiger partial charge in [0, 0.05) is 43.9 Å². The van der Waals surface area contributed by atoms with Gasteiger partial charge in [0.15, 0.2) is 11.6 Å². The highest BCUT2D eigenvalue weighted by molar-refractivity contribution is 9.10. The number of imidazole rings is 1. The van der Waals surface area contributed by atoms with E-state index in [2.05, 4.69) is 49.7 Å². The van der Waals surface area contributed by atoms with Crippen LogP contribution < -0.4 is 16.4 Å². The average Bonchev–Trinajstić information content (AvgIpc) is 3.77. The number of H-pyrrole nitrogens is 1. The largest absolute Gasteiger partial charge is 0.399 e. The first-order valence-electron chi connectivity index (χ1n) is 14.6. The third kappa shape index (κ3) is 4.50. The lowest BCUT2D eigenvalue weighted by atomic mass is 9.96. The number of nitrogen functional groups attached to an aromatic ring is 1. The van der Waals surface area contributed by atoms with Crippen molar-refractivity contribution in [1.29, 1.82) is 0 Å². The van der Waals surface area contributed by atoms with E-state index in [0.717, 1.165) is 73.2 Å². The Kier molecular flexibility index (Phi) is 6.45. The second kappa shape index (κ2) is 10.4. The minimum Gasteiger partial charge on any atom is -0.399 e. The Hall–Kier alpha value is -3.89. The number of fused-ring (bicyclic) bond motifs is 8. The van der Waals surface area contributed by atoms with E-state index in [9.17, 15) is 9.59 Å². The van der Waals surface area contributed by atoms with Crippen LogP contribution in [-0.2, 0) is 4.79 Å². The lowest BCUT2D eigenvalue weighted by Crippen LogP contribution is -2.36. The van der Waals surface area contributed by atoms with Gasteiger partial charge in [-0.3, -0.25) is 9.79 Å². The van der Waals surface area contributed by atoms with Crippen LogP contribution in [0.2, 0.25) is 0 Å². The zero-order valence-electron chi connectivity index (χ0n) is 23.2. The van der Waals surface area contributed by atoms with Gasteiger partial charge in [-0.2, -0.15) is 11.8 Å². The summed E-state index contributed by atoms with van der Waals surface area (Å²) < 4.78 is 0.924. The molecule has 8 rings (SSSR count). The summed E-state index contributed by atoms with van der Waals surface area (Å²) in [6.07, 6.45) is 3.18. The maximum absolute atomic E-state index is 13.6. The Bertz CT molecular complexity index is 2000. The molecule has 3 aliphatic rings. The van der Waals surface area contributed by atoms with E-state index in [0.29, 0.717) is 28.9 Å². The number of unbranched alkanes of at least 4 members (excludes halogenated alkanes) is 1. The number of ketones is 1. The summed E-state index contributed by atoms with van der Waals surface area (Å²) in [5.41, 5.74) is 11.2. The number of hydrogen-bond acceptors (Lipinski definition) is 6. The fraction of sp³-hybridized carbons (Fsp3) is 0.273. The number of hydrogen-bond donors (Lipinski definition) is 4. The molecule has 0 aliphatic carbocycles. The normalized spacial score (nSPS) is 22.5. The summed E-state index contributed by atoms with van der Waals surface area (Å²) >= 11 is 5.53. The van der Waals surface area contributed by atoms with Crippen molar-refractivity contribution < 1.29 is 9.59 Å². The van der Waals surface area contributed by atoms with Crippen LogP contribution in [0, 0.1) is 0 Å². The summed E-state index contributed by atoms with van der Waals surface area (Å²) in [5.74, 6) is 1.70. The third-order valence-corrected chi connectivity index (χ3v) is 10.9. The number of carbonyl (C=O) groups excluding carboxylic acids is 2. The number of benzene rings is 4. The van der Waals surface area contributed by atoms with E-state index in [1.54, 1.807) is 0 Å². The van der Waals surface area contributed by atoms with Gasteiger partial charge < -0.3 is 21.4 Å². The lowest BCUT2D eigenvalue weighted by molar-refractivity contribution is -0.120. The molecule has 4 atom stereocenters. The molecule has 2 amide bonds.